The molecule has 0 saturated heterocycles. The van der Waals surface area contributed by atoms with Gasteiger partial charge in [0.1, 0.15) is 8.07 Å². The Morgan fingerprint density at radius 3 is 2.20 bits per heavy atom. The van der Waals surface area contributed by atoms with Crippen molar-refractivity contribution in [1.82, 2.24) is 0 Å². The minimum absolute atomic E-state index is 0.329. The van der Waals surface area contributed by atoms with Crippen LogP contribution in [0.25, 0.3) is 0 Å². The lowest BCUT2D eigenvalue weighted by Gasteiger charge is -2.20. The molecule has 20 heavy (non-hydrogen) atoms. The monoisotopic (exact) mass is 288 g/mol. The first-order valence-electron chi connectivity index (χ1n) is 7.80. The molecule has 110 valence electrons. The molecule has 0 aliphatic heterocycles. The van der Waals surface area contributed by atoms with Crippen molar-refractivity contribution in [3.63, 3.8) is 0 Å². The Morgan fingerprint density at radius 1 is 1.05 bits per heavy atom. The molecule has 0 aliphatic rings. The van der Waals surface area contributed by atoms with Gasteiger partial charge < -0.3 is 4.74 Å². The summed E-state index contributed by atoms with van der Waals surface area (Å²) in [4.78, 5) is 0. The van der Waals surface area contributed by atoms with Gasteiger partial charge in [-0.1, -0.05) is 51.1 Å². The molecule has 1 atom stereocenters. The van der Waals surface area contributed by atoms with Gasteiger partial charge in [0, 0.05) is 5.92 Å². The summed E-state index contributed by atoms with van der Waals surface area (Å²) in [7, 11) is -1.30. The lowest BCUT2D eigenvalue weighted by Crippen LogP contribution is -2.29. The smallest absolute Gasteiger partial charge is 0.137 e. The molecule has 0 N–H and O–H groups in total. The zero-order chi connectivity index (χ0) is 14.8. The predicted octanol–water partition coefficient (Wildman–Crippen LogP) is 4.89. The highest BCUT2D eigenvalue weighted by atomic mass is 28.3. The van der Waals surface area contributed by atoms with Gasteiger partial charge in [-0.25, -0.2) is 0 Å². The maximum atomic E-state index is 5.76. The van der Waals surface area contributed by atoms with Gasteiger partial charge in [-0.2, -0.15) is 0 Å². The maximum Gasteiger partial charge on any atom is 0.137 e. The van der Waals surface area contributed by atoms with E-state index in [2.05, 4.69) is 51.3 Å². The van der Waals surface area contributed by atoms with E-state index in [-0.39, 0.29) is 0 Å². The van der Waals surface area contributed by atoms with Crippen LogP contribution in [0, 0.1) is 17.4 Å². The summed E-state index contributed by atoms with van der Waals surface area (Å²) in [5.41, 5.74) is 4.87. The number of rotatable bonds is 7. The van der Waals surface area contributed by atoms with Gasteiger partial charge in [0.15, 0.2) is 0 Å². The topological polar surface area (TPSA) is 9.23 Å². The molecule has 0 bridgehead atoms. The van der Waals surface area contributed by atoms with Crippen molar-refractivity contribution in [3.8, 4) is 11.5 Å². The molecule has 0 radical (unpaired) electrons. The Labute approximate surface area is 125 Å². The summed E-state index contributed by atoms with van der Waals surface area (Å²) in [5, 5.41) is 0. The van der Waals surface area contributed by atoms with Gasteiger partial charge >= 0.3 is 0 Å². The third kappa shape index (κ3) is 5.52. The maximum absolute atomic E-state index is 5.76. The Bertz CT molecular complexity index is 417. The second-order valence-corrected chi connectivity index (χ2v) is 10.4. The molecule has 0 heterocycles. The number of hydrogen-bond acceptors (Lipinski definition) is 1. The fourth-order valence-electron chi connectivity index (χ4n) is 2.26. The lowest BCUT2D eigenvalue weighted by atomic mass is 10.2. The van der Waals surface area contributed by atoms with Crippen LogP contribution in [0.3, 0.4) is 0 Å². The number of ether oxygens (including phenoxy) is 1. The first kappa shape index (κ1) is 17.0. The summed E-state index contributed by atoms with van der Waals surface area (Å²) in [6.07, 6.45) is 0. The van der Waals surface area contributed by atoms with Crippen LogP contribution in [-0.2, 0) is 11.3 Å². The summed E-state index contributed by atoms with van der Waals surface area (Å²) < 4.78 is 5.76. The highest BCUT2D eigenvalue weighted by Gasteiger charge is 2.24. The minimum Gasteiger partial charge on any atom is -0.376 e. The van der Waals surface area contributed by atoms with E-state index in [0.717, 1.165) is 6.61 Å². The van der Waals surface area contributed by atoms with E-state index in [4.69, 9.17) is 4.74 Å². The van der Waals surface area contributed by atoms with Gasteiger partial charge in [0.2, 0.25) is 0 Å². The SMILES string of the molecule is CC[Si](C#C[C@H](C)COCc1ccccc1)(CC)CC. The number of benzene rings is 1. The third-order valence-electron chi connectivity index (χ3n) is 4.09. The molecule has 1 aromatic rings. The number of hydrogen-bond donors (Lipinski definition) is 0. The van der Waals surface area contributed by atoms with Crippen LogP contribution in [0.1, 0.15) is 33.3 Å². The Hall–Kier alpha value is -1.04. The van der Waals surface area contributed by atoms with Crippen LogP contribution in [0.2, 0.25) is 18.1 Å². The van der Waals surface area contributed by atoms with Crippen molar-refractivity contribution in [3.05, 3.63) is 35.9 Å². The van der Waals surface area contributed by atoms with Gasteiger partial charge in [-0.05, 0) is 30.6 Å². The first-order valence-corrected chi connectivity index (χ1v) is 10.4. The molecule has 2 heteroatoms. The van der Waals surface area contributed by atoms with Crippen molar-refractivity contribution in [2.75, 3.05) is 6.61 Å². The van der Waals surface area contributed by atoms with E-state index in [1.54, 1.807) is 0 Å². The molecule has 0 aromatic heterocycles. The van der Waals surface area contributed by atoms with Crippen LogP contribution in [-0.4, -0.2) is 14.7 Å². The van der Waals surface area contributed by atoms with E-state index in [0.29, 0.717) is 12.5 Å². The van der Waals surface area contributed by atoms with Crippen molar-refractivity contribution < 1.29 is 4.74 Å². The highest BCUT2D eigenvalue weighted by Crippen LogP contribution is 2.19. The van der Waals surface area contributed by atoms with Crippen LogP contribution in [0.4, 0.5) is 0 Å². The van der Waals surface area contributed by atoms with Gasteiger partial charge in [-0.15, -0.1) is 11.5 Å². The van der Waals surface area contributed by atoms with Crippen LogP contribution in [0.15, 0.2) is 30.3 Å². The van der Waals surface area contributed by atoms with E-state index >= 15 is 0 Å². The molecule has 0 saturated carbocycles. The van der Waals surface area contributed by atoms with Crippen molar-refractivity contribution in [2.24, 2.45) is 5.92 Å². The molecular weight excluding hydrogens is 260 g/mol. The normalized spacial score (nSPS) is 12.6. The fraction of sp³-hybridized carbons (Fsp3) is 0.556. The standard InChI is InChI=1S/C18H28OSi/c1-5-20(6-2,7-3)14-13-17(4)15-19-16-18-11-9-8-10-12-18/h8-12,17H,5-7,15-16H2,1-4H3/t17-/m0/s1. The van der Waals surface area contributed by atoms with Crippen LogP contribution in [0.5, 0.6) is 0 Å². The average Bonchev–Trinajstić information content (AvgIpc) is 2.50. The Balaban J connectivity index is 2.42. The quantitative estimate of drug-likeness (QED) is 0.513. The lowest BCUT2D eigenvalue weighted by molar-refractivity contribution is 0.106. The van der Waals surface area contributed by atoms with Crippen molar-refractivity contribution in [2.45, 2.75) is 52.4 Å². The fourth-order valence-corrected chi connectivity index (χ4v) is 4.84. The van der Waals surface area contributed by atoms with Gasteiger partial charge in [0.05, 0.1) is 13.2 Å². The minimum atomic E-state index is -1.30. The average molecular weight is 289 g/mol. The molecule has 1 rings (SSSR count). The van der Waals surface area contributed by atoms with Gasteiger partial charge in [0.25, 0.3) is 0 Å². The van der Waals surface area contributed by atoms with Crippen LogP contribution >= 0.6 is 0 Å². The Morgan fingerprint density at radius 2 is 1.65 bits per heavy atom. The molecule has 1 nitrogen and oxygen atoms in total. The van der Waals surface area contributed by atoms with Gasteiger partial charge in [-0.3, -0.25) is 0 Å². The second kappa shape index (κ2) is 9.00. The van der Waals surface area contributed by atoms with E-state index in [9.17, 15) is 0 Å². The second-order valence-electron chi connectivity index (χ2n) is 5.51. The summed E-state index contributed by atoms with van der Waals surface area (Å²) in [6.45, 7) is 10.5. The summed E-state index contributed by atoms with van der Waals surface area (Å²) >= 11 is 0. The zero-order valence-electron chi connectivity index (χ0n) is 13.4. The zero-order valence-corrected chi connectivity index (χ0v) is 14.4. The highest BCUT2D eigenvalue weighted by molar-refractivity contribution is 6.87. The molecule has 0 amide bonds. The molecule has 0 aliphatic carbocycles. The molecule has 0 spiro atoms. The Kier molecular flexibility index (Phi) is 7.65. The largest absolute Gasteiger partial charge is 0.376 e. The third-order valence-corrected chi connectivity index (χ3v) is 8.83. The molecule has 1 aromatic carbocycles. The molecule has 0 fully saturated rings. The van der Waals surface area contributed by atoms with E-state index < -0.39 is 8.07 Å². The van der Waals surface area contributed by atoms with Crippen LogP contribution < -0.4 is 0 Å². The van der Waals surface area contributed by atoms with Crippen molar-refractivity contribution >= 4 is 8.07 Å². The van der Waals surface area contributed by atoms with Crippen molar-refractivity contribution in [1.29, 1.82) is 0 Å². The molecule has 0 unspecified atom stereocenters. The van der Waals surface area contributed by atoms with E-state index in [1.165, 1.54) is 23.7 Å². The summed E-state index contributed by atoms with van der Waals surface area (Å²) in [6, 6.07) is 14.1. The predicted molar refractivity (Wildman–Crippen MR) is 90.2 cm³/mol. The molecular formula is C18H28OSi. The summed E-state index contributed by atoms with van der Waals surface area (Å²) in [5.74, 6) is 3.78. The van der Waals surface area contributed by atoms with E-state index in [1.807, 2.05) is 18.2 Å². The first-order chi connectivity index (χ1) is 9.65.